The SMILES string of the molecule is Cc1cnc(NC(=O)C2=C(O)c3ccccc3S(=O)(=O)N2C)s1.NCCO. The quantitative estimate of drug-likeness (QED) is 0.585. The average molecular weight is 412 g/mol. The standard InChI is InChI=1S/C14H13N3O4S2.C2H7NO/c1-8-7-15-14(22-8)16-13(19)11-12(18)9-5-3-4-6-10(9)23(20,21)17(11)2;3-1-2-4/h3-7,18H,1-2H3,(H,15,16,19);4H,1-3H2. The molecule has 11 heteroatoms. The Morgan fingerprint density at radius 2 is 2.00 bits per heavy atom. The van der Waals surface area contributed by atoms with Gasteiger partial charge in [0.25, 0.3) is 15.9 Å². The molecule has 1 amide bonds. The third kappa shape index (κ3) is 4.27. The number of sulfonamides is 1. The molecule has 1 aliphatic heterocycles. The number of aliphatic hydroxyl groups is 2. The van der Waals surface area contributed by atoms with E-state index < -0.39 is 15.9 Å². The Balaban J connectivity index is 0.000000596. The zero-order valence-corrected chi connectivity index (χ0v) is 16.3. The Hall–Kier alpha value is -2.47. The predicted octanol–water partition coefficient (Wildman–Crippen LogP) is 0.888. The van der Waals surface area contributed by atoms with Crippen LogP contribution in [0.15, 0.2) is 41.1 Å². The van der Waals surface area contributed by atoms with Crippen LogP contribution in [0, 0.1) is 6.92 Å². The largest absolute Gasteiger partial charge is 0.505 e. The van der Waals surface area contributed by atoms with Crippen LogP contribution in [0.25, 0.3) is 5.76 Å². The number of aliphatic hydroxyl groups excluding tert-OH is 2. The minimum absolute atomic E-state index is 0.0401. The molecule has 0 unspecified atom stereocenters. The highest BCUT2D eigenvalue weighted by Crippen LogP contribution is 2.34. The van der Waals surface area contributed by atoms with E-state index in [2.05, 4.69) is 10.3 Å². The lowest BCUT2D eigenvalue weighted by atomic mass is 10.1. The second kappa shape index (κ2) is 8.48. The molecule has 0 atom stereocenters. The van der Waals surface area contributed by atoms with E-state index in [1.54, 1.807) is 18.3 Å². The average Bonchev–Trinajstić information content (AvgIpc) is 3.05. The number of aryl methyl sites for hydroxylation is 1. The van der Waals surface area contributed by atoms with E-state index in [0.717, 1.165) is 9.18 Å². The Kier molecular flexibility index (Phi) is 6.54. The third-order valence-corrected chi connectivity index (χ3v) is 6.15. The zero-order valence-electron chi connectivity index (χ0n) is 14.7. The number of amides is 1. The molecule has 1 aliphatic rings. The summed E-state index contributed by atoms with van der Waals surface area (Å²) >= 11 is 1.25. The van der Waals surface area contributed by atoms with Crippen LogP contribution in [-0.2, 0) is 14.8 Å². The van der Waals surface area contributed by atoms with Gasteiger partial charge >= 0.3 is 0 Å². The van der Waals surface area contributed by atoms with Gasteiger partial charge in [0.15, 0.2) is 16.6 Å². The van der Waals surface area contributed by atoms with Crippen molar-refractivity contribution in [1.82, 2.24) is 9.29 Å². The summed E-state index contributed by atoms with van der Waals surface area (Å²) in [6.45, 7) is 2.30. The summed E-state index contributed by atoms with van der Waals surface area (Å²) in [5.74, 6) is -1.12. The summed E-state index contributed by atoms with van der Waals surface area (Å²) in [5.41, 5.74) is 4.54. The first-order chi connectivity index (χ1) is 12.7. The minimum Gasteiger partial charge on any atom is -0.505 e. The van der Waals surface area contributed by atoms with Gasteiger partial charge in [-0.15, -0.1) is 11.3 Å². The van der Waals surface area contributed by atoms with Crippen LogP contribution in [0.4, 0.5) is 5.13 Å². The summed E-state index contributed by atoms with van der Waals surface area (Å²) in [4.78, 5) is 17.3. The van der Waals surface area contributed by atoms with Crippen LogP contribution in [0.3, 0.4) is 0 Å². The molecule has 27 heavy (non-hydrogen) atoms. The highest BCUT2D eigenvalue weighted by molar-refractivity contribution is 7.89. The van der Waals surface area contributed by atoms with Crippen LogP contribution in [0.5, 0.6) is 0 Å². The number of nitrogens with two attached hydrogens (primary N) is 1. The highest BCUT2D eigenvalue weighted by Gasteiger charge is 2.37. The molecule has 0 saturated heterocycles. The summed E-state index contributed by atoms with van der Waals surface area (Å²) < 4.78 is 25.8. The van der Waals surface area contributed by atoms with E-state index in [-0.39, 0.29) is 28.5 Å². The number of carbonyl (C=O) groups is 1. The molecule has 0 spiro atoms. The monoisotopic (exact) mass is 412 g/mol. The number of aromatic nitrogens is 1. The first kappa shape index (κ1) is 20.8. The van der Waals surface area contributed by atoms with Crippen molar-refractivity contribution in [3.63, 3.8) is 0 Å². The molecule has 0 bridgehead atoms. The lowest BCUT2D eigenvalue weighted by molar-refractivity contribution is -0.113. The van der Waals surface area contributed by atoms with Gasteiger partial charge in [-0.1, -0.05) is 12.1 Å². The molecule has 1 aromatic heterocycles. The maximum absolute atomic E-state index is 12.5. The number of carbonyl (C=O) groups excluding carboxylic acids is 1. The molecule has 0 aliphatic carbocycles. The number of nitrogens with zero attached hydrogens (tertiary/aromatic N) is 2. The Labute approximate surface area is 160 Å². The number of rotatable bonds is 3. The number of hydrogen-bond acceptors (Lipinski definition) is 8. The van der Waals surface area contributed by atoms with Gasteiger partial charge < -0.3 is 15.9 Å². The van der Waals surface area contributed by atoms with Crippen LogP contribution in [-0.4, -0.2) is 54.0 Å². The molecule has 0 fully saturated rings. The first-order valence-corrected chi connectivity index (χ1v) is 10.1. The van der Waals surface area contributed by atoms with Crippen molar-refractivity contribution in [1.29, 1.82) is 0 Å². The summed E-state index contributed by atoms with van der Waals surface area (Å²) in [6.07, 6.45) is 1.59. The molecule has 2 heterocycles. The van der Waals surface area contributed by atoms with Crippen LogP contribution >= 0.6 is 11.3 Å². The van der Waals surface area contributed by atoms with E-state index in [4.69, 9.17) is 10.8 Å². The number of likely N-dealkylation sites (N-methyl/N-ethyl adjacent to an activating group) is 1. The second-order valence-corrected chi connectivity index (χ2v) is 8.58. The van der Waals surface area contributed by atoms with Crippen molar-refractivity contribution >= 4 is 38.2 Å². The van der Waals surface area contributed by atoms with E-state index >= 15 is 0 Å². The van der Waals surface area contributed by atoms with Gasteiger partial charge in [-0.25, -0.2) is 13.4 Å². The lowest BCUT2D eigenvalue weighted by Crippen LogP contribution is -2.37. The highest BCUT2D eigenvalue weighted by atomic mass is 32.2. The number of nitrogens with one attached hydrogen (secondary N) is 1. The maximum atomic E-state index is 12.5. The van der Waals surface area contributed by atoms with Gasteiger partial charge in [0.1, 0.15) is 0 Å². The first-order valence-electron chi connectivity index (χ1n) is 7.80. The van der Waals surface area contributed by atoms with Gasteiger partial charge in [-0.2, -0.15) is 0 Å². The van der Waals surface area contributed by atoms with E-state index in [1.807, 2.05) is 6.92 Å². The number of benzene rings is 1. The molecule has 1 aromatic carbocycles. The fraction of sp³-hybridized carbons (Fsp3) is 0.250. The van der Waals surface area contributed by atoms with Crippen LogP contribution in [0.1, 0.15) is 10.4 Å². The molecule has 5 N–H and O–H groups in total. The Morgan fingerprint density at radius 1 is 1.37 bits per heavy atom. The molecule has 9 nitrogen and oxygen atoms in total. The molecular weight excluding hydrogens is 392 g/mol. The van der Waals surface area contributed by atoms with Crippen LogP contribution < -0.4 is 11.1 Å². The molecule has 3 rings (SSSR count). The van der Waals surface area contributed by atoms with Crippen molar-refractivity contribution in [3.05, 3.63) is 46.6 Å². The molecular formula is C16H20N4O5S2. The fourth-order valence-corrected chi connectivity index (χ4v) is 4.31. The fourth-order valence-electron chi connectivity index (χ4n) is 2.25. The number of thiazole rings is 1. The van der Waals surface area contributed by atoms with Crippen molar-refractivity contribution in [2.24, 2.45) is 5.73 Å². The van der Waals surface area contributed by atoms with Gasteiger partial charge in [0.05, 0.1) is 11.5 Å². The van der Waals surface area contributed by atoms with Gasteiger partial charge in [0.2, 0.25) is 0 Å². The van der Waals surface area contributed by atoms with Gasteiger partial charge in [-0.3, -0.25) is 14.4 Å². The molecule has 146 valence electrons. The third-order valence-electron chi connectivity index (χ3n) is 3.51. The summed E-state index contributed by atoms with van der Waals surface area (Å²) in [5, 5.41) is 21.0. The number of anilines is 1. The normalized spacial score (nSPS) is 14.9. The van der Waals surface area contributed by atoms with Crippen molar-refractivity contribution in [2.75, 3.05) is 25.5 Å². The molecule has 0 radical (unpaired) electrons. The number of fused-ring (bicyclic) bond motifs is 1. The predicted molar refractivity (Wildman–Crippen MR) is 103 cm³/mol. The zero-order chi connectivity index (χ0) is 20.2. The topological polar surface area (TPSA) is 146 Å². The van der Waals surface area contributed by atoms with Gasteiger partial charge in [-0.05, 0) is 19.1 Å². The lowest BCUT2D eigenvalue weighted by Gasteiger charge is -2.28. The minimum atomic E-state index is -3.90. The smallest absolute Gasteiger partial charge is 0.278 e. The van der Waals surface area contributed by atoms with Crippen molar-refractivity contribution in [3.8, 4) is 0 Å². The second-order valence-electron chi connectivity index (χ2n) is 5.41. The maximum Gasteiger partial charge on any atom is 0.278 e. The Bertz CT molecular complexity index is 967. The summed E-state index contributed by atoms with van der Waals surface area (Å²) in [6, 6.07) is 5.99. The molecule has 0 saturated carbocycles. The molecule has 2 aromatic rings. The van der Waals surface area contributed by atoms with Crippen molar-refractivity contribution < 1.29 is 23.4 Å². The van der Waals surface area contributed by atoms with E-state index in [0.29, 0.717) is 11.7 Å². The van der Waals surface area contributed by atoms with Crippen molar-refractivity contribution in [2.45, 2.75) is 11.8 Å². The Morgan fingerprint density at radius 3 is 2.56 bits per heavy atom. The van der Waals surface area contributed by atoms with E-state index in [9.17, 15) is 18.3 Å². The van der Waals surface area contributed by atoms with Gasteiger partial charge in [0, 0.05) is 30.2 Å². The van der Waals surface area contributed by atoms with E-state index in [1.165, 1.54) is 30.5 Å². The number of hydrogen-bond donors (Lipinski definition) is 4. The summed E-state index contributed by atoms with van der Waals surface area (Å²) in [7, 11) is -2.67. The van der Waals surface area contributed by atoms with Crippen LogP contribution in [0.2, 0.25) is 0 Å².